The summed E-state index contributed by atoms with van der Waals surface area (Å²) in [7, 11) is 0. The van der Waals surface area contributed by atoms with E-state index < -0.39 is 0 Å². The van der Waals surface area contributed by atoms with E-state index in [1.807, 2.05) is 24.3 Å². The van der Waals surface area contributed by atoms with Crippen molar-refractivity contribution in [3.8, 4) is 0 Å². The monoisotopic (exact) mass is 209 g/mol. The Morgan fingerprint density at radius 2 is 2.07 bits per heavy atom. The molecule has 1 N–H and O–H groups in total. The molecule has 1 aliphatic rings. The topological polar surface area (TPSA) is 29.1 Å². The average Bonchev–Trinajstić information content (AvgIpc) is 2.56. The Kier molecular flexibility index (Phi) is 2.73. The minimum Gasteiger partial charge on any atom is -0.356 e. The van der Waals surface area contributed by atoms with Crippen LogP contribution in [-0.4, -0.2) is 12.5 Å². The third-order valence-electron chi connectivity index (χ3n) is 2.56. The number of halogens is 1. The van der Waals surface area contributed by atoms with Gasteiger partial charge in [0.25, 0.3) is 0 Å². The van der Waals surface area contributed by atoms with E-state index in [9.17, 15) is 4.79 Å². The van der Waals surface area contributed by atoms with Gasteiger partial charge in [-0.3, -0.25) is 4.79 Å². The van der Waals surface area contributed by atoms with Crippen molar-refractivity contribution in [2.24, 2.45) is 5.92 Å². The van der Waals surface area contributed by atoms with Gasteiger partial charge in [0, 0.05) is 17.5 Å². The average molecular weight is 210 g/mol. The van der Waals surface area contributed by atoms with Gasteiger partial charge >= 0.3 is 0 Å². The van der Waals surface area contributed by atoms with E-state index in [-0.39, 0.29) is 11.8 Å². The Morgan fingerprint density at radius 3 is 2.64 bits per heavy atom. The molecular weight excluding hydrogens is 198 g/mol. The summed E-state index contributed by atoms with van der Waals surface area (Å²) in [5.74, 6) is 0.330. The largest absolute Gasteiger partial charge is 0.356 e. The van der Waals surface area contributed by atoms with Crippen LogP contribution in [0.2, 0.25) is 5.02 Å². The lowest BCUT2D eigenvalue weighted by Crippen LogP contribution is -2.20. The fourth-order valence-corrected chi connectivity index (χ4v) is 1.87. The first-order valence-electron chi connectivity index (χ1n) is 4.78. The van der Waals surface area contributed by atoms with E-state index in [0.717, 1.165) is 24.4 Å². The number of carbonyl (C=O) groups is 1. The number of carbonyl (C=O) groups excluding carboxylic acids is 1. The summed E-state index contributed by atoms with van der Waals surface area (Å²) in [4.78, 5) is 11.3. The lowest BCUT2D eigenvalue weighted by molar-refractivity contribution is -0.122. The Morgan fingerprint density at radius 1 is 1.36 bits per heavy atom. The van der Waals surface area contributed by atoms with Gasteiger partial charge in [-0.15, -0.1) is 0 Å². The first-order chi connectivity index (χ1) is 6.75. The van der Waals surface area contributed by atoms with Gasteiger partial charge < -0.3 is 5.32 Å². The second-order valence-electron chi connectivity index (χ2n) is 3.61. The molecule has 0 unspecified atom stereocenters. The zero-order valence-electron chi connectivity index (χ0n) is 7.79. The smallest absolute Gasteiger partial charge is 0.223 e. The molecule has 1 aliphatic heterocycles. The summed E-state index contributed by atoms with van der Waals surface area (Å²) >= 11 is 5.78. The van der Waals surface area contributed by atoms with E-state index in [1.165, 1.54) is 5.56 Å². The highest BCUT2D eigenvalue weighted by molar-refractivity contribution is 6.30. The van der Waals surface area contributed by atoms with Crippen LogP contribution in [0.25, 0.3) is 0 Å². The molecule has 0 aliphatic carbocycles. The second-order valence-corrected chi connectivity index (χ2v) is 4.04. The van der Waals surface area contributed by atoms with Gasteiger partial charge in [-0.25, -0.2) is 0 Å². The zero-order valence-corrected chi connectivity index (χ0v) is 8.55. The van der Waals surface area contributed by atoms with Crippen LogP contribution in [0.1, 0.15) is 12.0 Å². The molecule has 14 heavy (non-hydrogen) atoms. The molecular formula is C11H12ClNO. The molecule has 1 aromatic rings. The third-order valence-corrected chi connectivity index (χ3v) is 2.81. The highest BCUT2D eigenvalue weighted by Crippen LogP contribution is 2.17. The molecule has 1 amide bonds. The molecule has 0 bridgehead atoms. The summed E-state index contributed by atoms with van der Waals surface area (Å²) in [6, 6.07) is 7.69. The molecule has 74 valence electrons. The molecule has 1 fully saturated rings. The lowest BCUT2D eigenvalue weighted by Gasteiger charge is -2.06. The minimum absolute atomic E-state index is 0.149. The molecule has 0 spiro atoms. The van der Waals surface area contributed by atoms with Crippen LogP contribution in [-0.2, 0) is 11.2 Å². The molecule has 0 aromatic heterocycles. The van der Waals surface area contributed by atoms with Crippen LogP contribution in [0.15, 0.2) is 24.3 Å². The van der Waals surface area contributed by atoms with Crippen LogP contribution >= 0.6 is 11.6 Å². The standard InChI is InChI=1S/C11H12ClNO/c12-10-3-1-8(2-4-10)7-9-5-6-13-11(9)14/h1-4,9H,5-7H2,(H,13,14)/t9-/m0/s1. The molecule has 1 aromatic carbocycles. The van der Waals surface area contributed by atoms with Gasteiger partial charge in [0.2, 0.25) is 5.91 Å². The van der Waals surface area contributed by atoms with Crippen LogP contribution in [0.4, 0.5) is 0 Å². The van der Waals surface area contributed by atoms with Crippen molar-refractivity contribution in [2.75, 3.05) is 6.54 Å². The first-order valence-corrected chi connectivity index (χ1v) is 5.15. The highest BCUT2D eigenvalue weighted by Gasteiger charge is 2.23. The number of hydrogen-bond donors (Lipinski definition) is 1. The normalized spacial score (nSPS) is 20.9. The van der Waals surface area contributed by atoms with Crippen molar-refractivity contribution >= 4 is 17.5 Å². The Bertz CT molecular complexity index is 334. The van der Waals surface area contributed by atoms with E-state index in [4.69, 9.17) is 11.6 Å². The fourth-order valence-electron chi connectivity index (χ4n) is 1.74. The van der Waals surface area contributed by atoms with Gasteiger partial charge in [0.15, 0.2) is 0 Å². The summed E-state index contributed by atoms with van der Waals surface area (Å²) < 4.78 is 0. The molecule has 0 saturated carbocycles. The lowest BCUT2D eigenvalue weighted by atomic mass is 9.98. The molecule has 2 rings (SSSR count). The zero-order chi connectivity index (χ0) is 9.97. The van der Waals surface area contributed by atoms with Crippen molar-refractivity contribution in [3.63, 3.8) is 0 Å². The molecule has 1 atom stereocenters. The van der Waals surface area contributed by atoms with Crippen molar-refractivity contribution in [2.45, 2.75) is 12.8 Å². The van der Waals surface area contributed by atoms with Gasteiger partial charge in [-0.05, 0) is 30.5 Å². The number of amides is 1. The summed E-state index contributed by atoms with van der Waals surface area (Å²) in [6.45, 7) is 0.817. The maximum atomic E-state index is 11.3. The van der Waals surface area contributed by atoms with Gasteiger partial charge in [0.05, 0.1) is 0 Å². The van der Waals surface area contributed by atoms with Crippen LogP contribution in [0.5, 0.6) is 0 Å². The summed E-state index contributed by atoms with van der Waals surface area (Å²) in [5.41, 5.74) is 1.18. The van der Waals surface area contributed by atoms with E-state index in [1.54, 1.807) is 0 Å². The first kappa shape index (κ1) is 9.53. The Balaban J connectivity index is 2.03. The SMILES string of the molecule is O=C1NCC[C@H]1Cc1ccc(Cl)cc1. The Labute approximate surface area is 88.3 Å². The predicted octanol–water partition coefficient (Wildman–Crippen LogP) is 2.02. The predicted molar refractivity (Wildman–Crippen MR) is 56.3 cm³/mol. The van der Waals surface area contributed by atoms with Crippen molar-refractivity contribution < 1.29 is 4.79 Å². The van der Waals surface area contributed by atoms with Gasteiger partial charge in [-0.1, -0.05) is 23.7 Å². The quantitative estimate of drug-likeness (QED) is 0.794. The van der Waals surface area contributed by atoms with Crippen LogP contribution < -0.4 is 5.32 Å². The molecule has 2 nitrogen and oxygen atoms in total. The highest BCUT2D eigenvalue weighted by atomic mass is 35.5. The third kappa shape index (κ3) is 2.07. The summed E-state index contributed by atoms with van der Waals surface area (Å²) in [5, 5.41) is 3.58. The van der Waals surface area contributed by atoms with Gasteiger partial charge in [-0.2, -0.15) is 0 Å². The minimum atomic E-state index is 0.149. The fraction of sp³-hybridized carbons (Fsp3) is 0.364. The molecule has 1 saturated heterocycles. The van der Waals surface area contributed by atoms with Crippen molar-refractivity contribution in [1.29, 1.82) is 0 Å². The van der Waals surface area contributed by atoms with E-state index in [2.05, 4.69) is 5.32 Å². The van der Waals surface area contributed by atoms with Crippen LogP contribution in [0, 0.1) is 5.92 Å². The number of benzene rings is 1. The van der Waals surface area contributed by atoms with E-state index in [0.29, 0.717) is 0 Å². The van der Waals surface area contributed by atoms with E-state index >= 15 is 0 Å². The maximum absolute atomic E-state index is 11.3. The molecule has 1 heterocycles. The number of nitrogens with one attached hydrogen (secondary N) is 1. The second kappa shape index (κ2) is 4.01. The molecule has 0 radical (unpaired) electrons. The maximum Gasteiger partial charge on any atom is 0.223 e. The molecule has 3 heteroatoms. The van der Waals surface area contributed by atoms with Crippen molar-refractivity contribution in [1.82, 2.24) is 5.32 Å². The van der Waals surface area contributed by atoms with Crippen molar-refractivity contribution in [3.05, 3.63) is 34.9 Å². The van der Waals surface area contributed by atoms with Crippen LogP contribution in [0.3, 0.4) is 0 Å². The Hall–Kier alpha value is -1.02. The number of rotatable bonds is 2. The van der Waals surface area contributed by atoms with Gasteiger partial charge in [0.1, 0.15) is 0 Å². The number of hydrogen-bond acceptors (Lipinski definition) is 1. The summed E-state index contributed by atoms with van der Waals surface area (Å²) in [6.07, 6.45) is 1.77.